The lowest BCUT2D eigenvalue weighted by atomic mass is 9.81. The second-order valence-corrected chi connectivity index (χ2v) is 7.75. The van der Waals surface area contributed by atoms with Crippen LogP contribution in [0.15, 0.2) is 24.3 Å². The van der Waals surface area contributed by atoms with Gasteiger partial charge >= 0.3 is 5.97 Å². The summed E-state index contributed by atoms with van der Waals surface area (Å²) in [5.41, 5.74) is 1.79. The Bertz CT molecular complexity index is 765. The van der Waals surface area contributed by atoms with Gasteiger partial charge < -0.3 is 10.1 Å². The monoisotopic (exact) mass is 400 g/mol. The largest absolute Gasteiger partial charge is 0.452 e. The van der Waals surface area contributed by atoms with Gasteiger partial charge in [-0.3, -0.25) is 24.1 Å². The van der Waals surface area contributed by atoms with Gasteiger partial charge in [0.1, 0.15) is 0 Å². The van der Waals surface area contributed by atoms with Gasteiger partial charge in [0, 0.05) is 12.2 Å². The topological polar surface area (TPSA) is 92.8 Å². The number of hydrogen-bond donors (Lipinski definition) is 1. The van der Waals surface area contributed by atoms with Crippen LogP contribution < -0.4 is 5.32 Å². The molecule has 156 valence electrons. The van der Waals surface area contributed by atoms with Gasteiger partial charge in [0.05, 0.1) is 18.3 Å². The molecule has 29 heavy (non-hydrogen) atoms. The summed E-state index contributed by atoms with van der Waals surface area (Å²) >= 11 is 0. The van der Waals surface area contributed by atoms with Gasteiger partial charge in [-0.25, -0.2) is 0 Å². The number of fused-ring (bicyclic) bond motifs is 1. The summed E-state index contributed by atoms with van der Waals surface area (Å²) in [5.74, 6) is -1.83. The average Bonchev–Trinajstić information content (AvgIpc) is 2.97. The molecule has 1 heterocycles. The number of carbonyl (C=O) groups excluding carboxylic acids is 4. The van der Waals surface area contributed by atoms with Gasteiger partial charge in [-0.2, -0.15) is 0 Å². The molecule has 0 unspecified atom stereocenters. The molecule has 1 aliphatic carbocycles. The van der Waals surface area contributed by atoms with E-state index in [4.69, 9.17) is 4.74 Å². The highest BCUT2D eigenvalue weighted by Gasteiger charge is 2.47. The molecule has 1 aliphatic heterocycles. The zero-order chi connectivity index (χ0) is 21.0. The Hall–Kier alpha value is -2.70. The third-order valence-electron chi connectivity index (χ3n) is 5.78. The molecular weight excluding hydrogens is 372 g/mol. The van der Waals surface area contributed by atoms with Crippen LogP contribution in [0.5, 0.6) is 0 Å². The van der Waals surface area contributed by atoms with E-state index in [1.54, 1.807) is 12.1 Å². The number of anilines is 1. The first-order chi connectivity index (χ1) is 13.9. The Kier molecular flexibility index (Phi) is 6.67. The van der Waals surface area contributed by atoms with Crippen LogP contribution in [-0.2, 0) is 30.3 Å². The molecular formula is C22H28N2O5. The molecule has 7 heteroatoms. The molecule has 3 atom stereocenters. The van der Waals surface area contributed by atoms with Gasteiger partial charge in [0.15, 0.2) is 6.10 Å². The summed E-state index contributed by atoms with van der Waals surface area (Å²) in [6.07, 6.45) is 3.24. The lowest BCUT2D eigenvalue weighted by molar-refractivity contribution is -0.154. The number of imide groups is 1. The second kappa shape index (κ2) is 9.20. The van der Waals surface area contributed by atoms with Crippen LogP contribution in [0, 0.1) is 11.8 Å². The van der Waals surface area contributed by atoms with Crippen LogP contribution in [0.3, 0.4) is 0 Å². The molecule has 0 radical (unpaired) electrons. The van der Waals surface area contributed by atoms with Gasteiger partial charge in [-0.05, 0) is 43.9 Å². The van der Waals surface area contributed by atoms with Crippen molar-refractivity contribution in [3.63, 3.8) is 0 Å². The maximum atomic E-state index is 12.4. The highest BCUT2D eigenvalue weighted by Crippen LogP contribution is 2.37. The van der Waals surface area contributed by atoms with E-state index in [-0.39, 0.29) is 36.6 Å². The van der Waals surface area contributed by atoms with Crippen LogP contribution in [-0.4, -0.2) is 41.2 Å². The van der Waals surface area contributed by atoms with E-state index in [2.05, 4.69) is 5.32 Å². The lowest BCUT2D eigenvalue weighted by Gasteiger charge is -2.19. The highest BCUT2D eigenvalue weighted by molar-refractivity contribution is 6.05. The Morgan fingerprint density at radius 3 is 2.24 bits per heavy atom. The maximum Gasteiger partial charge on any atom is 0.308 e. The van der Waals surface area contributed by atoms with Crippen LogP contribution >= 0.6 is 0 Å². The molecule has 3 rings (SSSR count). The van der Waals surface area contributed by atoms with Crippen molar-refractivity contribution in [1.29, 1.82) is 0 Å². The minimum absolute atomic E-state index is 0.0102. The highest BCUT2D eigenvalue weighted by atomic mass is 16.5. The fraction of sp³-hybridized carbons (Fsp3) is 0.545. The maximum absolute atomic E-state index is 12.4. The third-order valence-corrected chi connectivity index (χ3v) is 5.78. The quantitative estimate of drug-likeness (QED) is 0.561. The smallest absolute Gasteiger partial charge is 0.308 e. The van der Waals surface area contributed by atoms with E-state index >= 15 is 0 Å². The summed E-state index contributed by atoms with van der Waals surface area (Å²) in [7, 11) is 0. The zero-order valence-corrected chi connectivity index (χ0v) is 17.0. The predicted octanol–water partition coefficient (Wildman–Crippen LogP) is 2.68. The van der Waals surface area contributed by atoms with Gasteiger partial charge in [0.2, 0.25) is 11.8 Å². The first-order valence-electron chi connectivity index (χ1n) is 10.3. The SMILES string of the molecule is CCc1ccc(NC(=O)[C@H](C)OC(=O)CCN2C(=O)[C@H]3CCCC[C@H]3C2=O)cc1. The molecule has 0 aromatic heterocycles. The number of esters is 1. The van der Waals surface area contributed by atoms with E-state index in [0.29, 0.717) is 5.69 Å². The standard InChI is InChI=1S/C22H28N2O5/c1-3-15-8-10-16(11-9-15)23-20(26)14(2)29-19(25)12-13-24-21(27)17-6-4-5-7-18(17)22(24)28/h8-11,14,17-18H,3-7,12-13H2,1-2H3,(H,23,26)/t14-,17-,18+/m0/s1. The van der Waals surface area contributed by atoms with Gasteiger partial charge in [-0.1, -0.05) is 31.9 Å². The number of likely N-dealkylation sites (tertiary alicyclic amines) is 1. The number of nitrogens with one attached hydrogen (secondary N) is 1. The summed E-state index contributed by atoms with van der Waals surface area (Å²) in [6.45, 7) is 3.55. The Morgan fingerprint density at radius 1 is 1.10 bits per heavy atom. The number of nitrogens with zero attached hydrogens (tertiary/aromatic N) is 1. The lowest BCUT2D eigenvalue weighted by Crippen LogP contribution is -2.35. The van der Waals surface area contributed by atoms with Crippen molar-refractivity contribution in [1.82, 2.24) is 4.90 Å². The molecule has 2 fully saturated rings. The number of carbonyl (C=O) groups is 4. The second-order valence-electron chi connectivity index (χ2n) is 7.75. The molecule has 0 bridgehead atoms. The van der Waals surface area contributed by atoms with Crippen LogP contribution in [0.1, 0.15) is 51.5 Å². The first kappa shape index (κ1) is 21.0. The van der Waals surface area contributed by atoms with Crippen molar-refractivity contribution in [2.45, 2.75) is 58.5 Å². The van der Waals surface area contributed by atoms with Crippen LogP contribution in [0.2, 0.25) is 0 Å². The number of ether oxygens (including phenoxy) is 1. The minimum Gasteiger partial charge on any atom is -0.452 e. The first-order valence-corrected chi connectivity index (χ1v) is 10.3. The van der Waals surface area contributed by atoms with Crippen LogP contribution in [0.4, 0.5) is 5.69 Å². The van der Waals surface area contributed by atoms with Crippen molar-refractivity contribution in [3.05, 3.63) is 29.8 Å². The summed E-state index contributed by atoms with van der Waals surface area (Å²) < 4.78 is 5.18. The summed E-state index contributed by atoms with van der Waals surface area (Å²) in [6, 6.07) is 7.45. The third kappa shape index (κ3) is 4.83. The Balaban J connectivity index is 1.46. The molecule has 2 aliphatic rings. The summed E-state index contributed by atoms with van der Waals surface area (Å²) in [4.78, 5) is 50.4. The molecule has 0 spiro atoms. The molecule has 1 aromatic rings. The van der Waals surface area contributed by atoms with Gasteiger partial charge in [0.25, 0.3) is 5.91 Å². The van der Waals surface area contributed by atoms with Crippen molar-refractivity contribution in [2.75, 3.05) is 11.9 Å². The normalized spacial score (nSPS) is 22.2. The number of hydrogen-bond acceptors (Lipinski definition) is 5. The van der Waals surface area contributed by atoms with E-state index in [1.165, 1.54) is 11.8 Å². The molecule has 1 saturated carbocycles. The predicted molar refractivity (Wildman–Crippen MR) is 107 cm³/mol. The molecule has 1 aromatic carbocycles. The molecule has 1 N–H and O–H groups in total. The zero-order valence-electron chi connectivity index (χ0n) is 17.0. The van der Waals surface area contributed by atoms with Gasteiger partial charge in [-0.15, -0.1) is 0 Å². The fourth-order valence-corrected chi connectivity index (χ4v) is 4.03. The number of amides is 3. The van der Waals surface area contributed by atoms with Crippen molar-refractivity contribution in [2.24, 2.45) is 11.8 Å². The number of aryl methyl sites for hydroxylation is 1. The van der Waals surface area contributed by atoms with E-state index in [1.807, 2.05) is 19.1 Å². The molecule has 1 saturated heterocycles. The fourth-order valence-electron chi connectivity index (χ4n) is 4.03. The molecule has 3 amide bonds. The van der Waals surface area contributed by atoms with Crippen molar-refractivity contribution >= 4 is 29.4 Å². The van der Waals surface area contributed by atoms with E-state index < -0.39 is 18.0 Å². The molecule has 7 nitrogen and oxygen atoms in total. The van der Waals surface area contributed by atoms with E-state index in [0.717, 1.165) is 37.7 Å². The Labute approximate surface area is 170 Å². The van der Waals surface area contributed by atoms with E-state index in [9.17, 15) is 19.2 Å². The Morgan fingerprint density at radius 2 is 1.69 bits per heavy atom. The van der Waals surface area contributed by atoms with Crippen molar-refractivity contribution in [3.8, 4) is 0 Å². The minimum atomic E-state index is -0.971. The van der Waals surface area contributed by atoms with Crippen molar-refractivity contribution < 1.29 is 23.9 Å². The number of benzene rings is 1. The van der Waals surface area contributed by atoms with Crippen LogP contribution in [0.25, 0.3) is 0 Å². The average molecular weight is 400 g/mol. The number of rotatable bonds is 7. The summed E-state index contributed by atoms with van der Waals surface area (Å²) in [5, 5.41) is 2.71.